The maximum Gasteiger partial charge on any atom is 0.414 e. The van der Waals surface area contributed by atoms with E-state index < -0.39 is 36.0 Å². The van der Waals surface area contributed by atoms with Crippen molar-refractivity contribution >= 4 is 47.2 Å². The average molecular weight is 679 g/mol. The molecule has 0 radical (unpaired) electrons. The van der Waals surface area contributed by atoms with Gasteiger partial charge in [0.15, 0.2) is 0 Å². The second-order valence-corrected chi connectivity index (χ2v) is 14.0. The summed E-state index contributed by atoms with van der Waals surface area (Å²) in [4.78, 5) is 67.6. The molecule has 0 saturated carbocycles. The van der Waals surface area contributed by atoms with Crippen LogP contribution >= 0.6 is 0 Å². The van der Waals surface area contributed by atoms with Crippen LogP contribution in [0.1, 0.15) is 65.6 Å². The number of nitrogens with one attached hydrogen (secondary N) is 1. The molecule has 3 N–H and O–H groups in total. The third-order valence-electron chi connectivity index (χ3n) is 8.46. The van der Waals surface area contributed by atoms with E-state index in [1.165, 1.54) is 9.80 Å². The normalized spacial score (nSPS) is 21.6. The van der Waals surface area contributed by atoms with Crippen molar-refractivity contribution in [2.24, 2.45) is 5.73 Å². The minimum Gasteiger partial charge on any atom is -0.444 e. The first kappa shape index (κ1) is 35.5. The van der Waals surface area contributed by atoms with Gasteiger partial charge < -0.3 is 35.1 Å². The molecule has 4 aliphatic rings. The number of hydrogen-bond donors (Lipinski definition) is 2. The lowest BCUT2D eigenvalue weighted by Crippen LogP contribution is -2.41. The summed E-state index contributed by atoms with van der Waals surface area (Å²) in [5.74, 6) is -0.0218. The minimum absolute atomic E-state index is 0.0348. The van der Waals surface area contributed by atoms with Crippen molar-refractivity contribution in [2.45, 2.75) is 90.8 Å². The molecule has 2 fully saturated rings. The van der Waals surface area contributed by atoms with Crippen LogP contribution < -0.4 is 25.8 Å². The van der Waals surface area contributed by atoms with Crippen LogP contribution in [0.15, 0.2) is 42.5 Å². The predicted octanol–water partition coefficient (Wildman–Crippen LogP) is 4.10. The summed E-state index contributed by atoms with van der Waals surface area (Å²) in [6.45, 7) is 14.3. The number of cyclic esters (lactones) is 2. The highest BCUT2D eigenvalue weighted by atomic mass is 16.6. The van der Waals surface area contributed by atoms with Gasteiger partial charge >= 0.3 is 18.3 Å². The quantitative estimate of drug-likeness (QED) is 0.411. The lowest BCUT2D eigenvalue weighted by molar-refractivity contribution is -0.122. The number of hydrogen-bond acceptors (Lipinski definition) is 9. The number of fused-ring (bicyclic) bond motifs is 2. The Bertz CT molecular complexity index is 1620. The first-order chi connectivity index (χ1) is 23.1. The fraction of sp³-hybridized carbons (Fsp3) is 0.514. The number of carbonyl (C=O) groups excluding carboxylic acids is 5. The van der Waals surface area contributed by atoms with E-state index >= 15 is 0 Å². The number of para-hydroxylation sites is 1. The van der Waals surface area contributed by atoms with Gasteiger partial charge in [-0.25, -0.2) is 14.4 Å². The van der Waals surface area contributed by atoms with E-state index in [0.717, 1.165) is 22.5 Å². The van der Waals surface area contributed by atoms with Crippen LogP contribution in [0, 0.1) is 0 Å². The fourth-order valence-electron chi connectivity index (χ4n) is 6.45. The molecule has 1 unspecified atom stereocenters. The predicted molar refractivity (Wildman–Crippen MR) is 182 cm³/mol. The van der Waals surface area contributed by atoms with Crippen molar-refractivity contribution < 1.29 is 38.2 Å². The van der Waals surface area contributed by atoms with Crippen LogP contribution in [-0.2, 0) is 30.2 Å². The summed E-state index contributed by atoms with van der Waals surface area (Å²) in [7, 11) is 0. The Morgan fingerprint density at radius 2 is 1.59 bits per heavy atom. The van der Waals surface area contributed by atoms with E-state index in [4.69, 9.17) is 19.9 Å². The SMILES string of the molecule is CC(C)N1C(=O)Cc2cc(N3C[C@@H](CNC(=O)OC(C)(C)C)OC3=O)ccc21.CC(C)N1C(=O)[C@H](N2CC(CN)OC2=O)c2ccccc21. The van der Waals surface area contributed by atoms with Gasteiger partial charge in [0.05, 0.1) is 26.1 Å². The maximum absolute atomic E-state index is 12.8. The number of rotatable bonds is 7. The lowest BCUT2D eigenvalue weighted by atomic mass is 10.1. The van der Waals surface area contributed by atoms with Crippen LogP contribution in [0.4, 0.5) is 31.4 Å². The van der Waals surface area contributed by atoms with Crippen molar-refractivity contribution in [3.8, 4) is 0 Å². The van der Waals surface area contributed by atoms with Gasteiger partial charge in [0.1, 0.15) is 23.9 Å². The summed E-state index contributed by atoms with van der Waals surface area (Å²) < 4.78 is 15.7. The molecule has 0 aliphatic carbocycles. The van der Waals surface area contributed by atoms with E-state index in [1.807, 2.05) is 70.2 Å². The molecule has 0 bridgehead atoms. The van der Waals surface area contributed by atoms with Crippen LogP contribution in [0.2, 0.25) is 0 Å². The van der Waals surface area contributed by atoms with Crippen LogP contribution in [0.25, 0.3) is 0 Å². The van der Waals surface area contributed by atoms with Gasteiger partial charge in [0, 0.05) is 41.3 Å². The summed E-state index contributed by atoms with van der Waals surface area (Å²) in [6, 6.07) is 12.6. The topological polar surface area (TPSA) is 164 Å². The molecule has 5 amide bonds. The number of nitrogens with two attached hydrogens (primary N) is 1. The number of benzene rings is 2. The Morgan fingerprint density at radius 1 is 0.918 bits per heavy atom. The largest absolute Gasteiger partial charge is 0.444 e. The molecule has 0 aromatic heterocycles. The first-order valence-electron chi connectivity index (χ1n) is 16.6. The molecule has 2 aromatic carbocycles. The third-order valence-corrected chi connectivity index (χ3v) is 8.46. The number of nitrogens with zero attached hydrogens (tertiary/aromatic N) is 4. The molecule has 3 atom stereocenters. The van der Waals surface area contributed by atoms with Crippen molar-refractivity contribution in [1.29, 1.82) is 0 Å². The zero-order valence-electron chi connectivity index (χ0n) is 29.1. The number of anilines is 3. The number of amides is 5. The Labute approximate surface area is 286 Å². The molecule has 2 aromatic rings. The van der Waals surface area contributed by atoms with Crippen molar-refractivity contribution in [1.82, 2.24) is 10.2 Å². The highest BCUT2D eigenvalue weighted by molar-refractivity contribution is 6.06. The van der Waals surface area contributed by atoms with Crippen LogP contribution in [-0.4, -0.2) is 91.1 Å². The van der Waals surface area contributed by atoms with E-state index in [-0.39, 0.29) is 43.1 Å². The number of ether oxygens (including phenoxy) is 3. The van der Waals surface area contributed by atoms with Crippen molar-refractivity contribution in [3.63, 3.8) is 0 Å². The van der Waals surface area contributed by atoms with Gasteiger partial charge in [-0.15, -0.1) is 0 Å². The summed E-state index contributed by atoms with van der Waals surface area (Å²) in [5.41, 5.74) is 9.17. The number of alkyl carbamates (subject to hydrolysis) is 1. The molecule has 14 nitrogen and oxygen atoms in total. The van der Waals surface area contributed by atoms with Gasteiger partial charge in [-0.3, -0.25) is 19.4 Å². The highest BCUT2D eigenvalue weighted by Crippen LogP contribution is 2.41. The lowest BCUT2D eigenvalue weighted by Gasteiger charge is -2.24. The standard InChI is InChI=1S/C20H27N3O5.C15H19N3O3/c1-12(2)23-16-7-6-14(8-13(16)9-17(23)24)22-11-15(27-19(22)26)10-21-18(25)28-20(3,4)5;1-9(2)18-12-6-4-3-5-11(12)13(14(18)19)17-8-10(7-16)21-15(17)20/h6-8,12,15H,9-11H2,1-5H3,(H,21,25);3-6,9-10,13H,7-8,16H2,1-2H3/t15-;10?,13-/m11/s1. The van der Waals surface area contributed by atoms with Gasteiger partial charge in [-0.05, 0) is 78.3 Å². The maximum atomic E-state index is 12.8. The smallest absolute Gasteiger partial charge is 0.414 e. The molecular weight excluding hydrogens is 632 g/mol. The van der Waals surface area contributed by atoms with Gasteiger partial charge in [0.25, 0.3) is 5.91 Å². The van der Waals surface area contributed by atoms with Crippen molar-refractivity contribution in [3.05, 3.63) is 53.6 Å². The van der Waals surface area contributed by atoms with E-state index in [9.17, 15) is 24.0 Å². The summed E-state index contributed by atoms with van der Waals surface area (Å²) in [6.07, 6.45) is -1.97. The molecule has 4 aliphatic heterocycles. The summed E-state index contributed by atoms with van der Waals surface area (Å²) in [5, 5.41) is 2.62. The molecule has 49 heavy (non-hydrogen) atoms. The Balaban J connectivity index is 0.000000199. The van der Waals surface area contributed by atoms with Gasteiger partial charge in [-0.1, -0.05) is 18.2 Å². The van der Waals surface area contributed by atoms with Gasteiger partial charge in [0.2, 0.25) is 5.91 Å². The second-order valence-electron chi connectivity index (χ2n) is 14.0. The molecule has 264 valence electrons. The van der Waals surface area contributed by atoms with Crippen LogP contribution in [0.3, 0.4) is 0 Å². The number of carbonyl (C=O) groups is 5. The second kappa shape index (κ2) is 13.9. The van der Waals surface area contributed by atoms with Crippen LogP contribution in [0.5, 0.6) is 0 Å². The average Bonchev–Trinajstić information content (AvgIpc) is 3.75. The van der Waals surface area contributed by atoms with E-state index in [2.05, 4.69) is 5.32 Å². The van der Waals surface area contributed by atoms with Crippen molar-refractivity contribution in [2.75, 3.05) is 40.9 Å². The Hall–Kier alpha value is -4.85. The third kappa shape index (κ3) is 7.43. The first-order valence-corrected chi connectivity index (χ1v) is 16.6. The molecule has 4 heterocycles. The Morgan fingerprint density at radius 3 is 2.22 bits per heavy atom. The molecule has 0 spiro atoms. The molecule has 2 saturated heterocycles. The Kier molecular flexibility index (Phi) is 10.1. The van der Waals surface area contributed by atoms with E-state index in [1.54, 1.807) is 30.6 Å². The fourth-order valence-corrected chi connectivity index (χ4v) is 6.45. The molecule has 14 heteroatoms. The molecule has 6 rings (SSSR count). The monoisotopic (exact) mass is 678 g/mol. The minimum atomic E-state index is -0.604. The highest BCUT2D eigenvalue weighted by Gasteiger charge is 2.47. The summed E-state index contributed by atoms with van der Waals surface area (Å²) >= 11 is 0. The van der Waals surface area contributed by atoms with Gasteiger partial charge in [-0.2, -0.15) is 0 Å². The zero-order valence-corrected chi connectivity index (χ0v) is 29.1. The molecular formula is C35H46N6O8. The zero-order chi connectivity index (χ0) is 35.8. The van der Waals surface area contributed by atoms with E-state index in [0.29, 0.717) is 25.2 Å².